The Morgan fingerprint density at radius 2 is 2.15 bits per heavy atom. The van der Waals surface area contributed by atoms with Crippen molar-refractivity contribution < 1.29 is 4.79 Å². The zero-order valence-corrected chi connectivity index (χ0v) is 16.4. The molecule has 0 N–H and O–H groups in total. The van der Waals surface area contributed by atoms with Crippen molar-refractivity contribution >= 4 is 12.0 Å². The van der Waals surface area contributed by atoms with Gasteiger partial charge in [0, 0.05) is 44.5 Å². The van der Waals surface area contributed by atoms with Gasteiger partial charge in [0.1, 0.15) is 0 Å². The Balaban J connectivity index is 1.46. The average Bonchev–Trinajstić information content (AvgIpc) is 3.12. The fourth-order valence-electron chi connectivity index (χ4n) is 3.69. The van der Waals surface area contributed by atoms with Crippen molar-refractivity contribution in [3.05, 3.63) is 59.9 Å². The van der Waals surface area contributed by atoms with E-state index in [1.807, 2.05) is 31.3 Å². The topological polar surface area (TPSA) is 41.4 Å². The molecule has 0 spiro atoms. The SMILES string of the molecule is CN(C(=O)/C=C/c1cnn(C)c1)[C@@H]1CCCN(CCCc2ccccc2)C1. The molecule has 1 aromatic heterocycles. The van der Waals surface area contributed by atoms with Crippen molar-refractivity contribution in [3.8, 4) is 0 Å². The van der Waals surface area contributed by atoms with E-state index in [0.717, 1.165) is 50.9 Å². The Morgan fingerprint density at radius 3 is 2.89 bits per heavy atom. The molecule has 1 saturated heterocycles. The van der Waals surface area contributed by atoms with Crippen molar-refractivity contribution in [1.29, 1.82) is 0 Å². The number of amides is 1. The minimum Gasteiger partial charge on any atom is -0.338 e. The number of rotatable bonds is 7. The fourth-order valence-corrected chi connectivity index (χ4v) is 3.69. The van der Waals surface area contributed by atoms with E-state index < -0.39 is 0 Å². The zero-order valence-electron chi connectivity index (χ0n) is 16.4. The monoisotopic (exact) mass is 366 g/mol. The Hall–Kier alpha value is -2.40. The van der Waals surface area contributed by atoms with Crippen LogP contribution in [0.3, 0.4) is 0 Å². The number of nitrogens with zero attached hydrogens (tertiary/aromatic N) is 4. The number of carbonyl (C=O) groups is 1. The van der Waals surface area contributed by atoms with Gasteiger partial charge in [-0.1, -0.05) is 30.3 Å². The molecule has 0 aliphatic carbocycles. The Kier molecular flexibility index (Phi) is 6.82. The number of benzene rings is 1. The molecule has 0 unspecified atom stereocenters. The van der Waals surface area contributed by atoms with E-state index in [1.165, 1.54) is 5.56 Å². The largest absolute Gasteiger partial charge is 0.338 e. The molecule has 1 aliphatic heterocycles. The lowest BCUT2D eigenvalue weighted by molar-refractivity contribution is -0.127. The van der Waals surface area contributed by atoms with Gasteiger partial charge in [0.05, 0.1) is 6.20 Å². The van der Waals surface area contributed by atoms with Crippen molar-refractivity contribution in [1.82, 2.24) is 19.6 Å². The molecular weight excluding hydrogens is 336 g/mol. The first-order valence-corrected chi connectivity index (χ1v) is 9.81. The molecule has 0 saturated carbocycles. The van der Waals surface area contributed by atoms with Gasteiger partial charge in [-0.3, -0.25) is 9.48 Å². The molecule has 5 heteroatoms. The summed E-state index contributed by atoms with van der Waals surface area (Å²) in [7, 11) is 3.80. The van der Waals surface area contributed by atoms with Crippen LogP contribution in [0.2, 0.25) is 0 Å². The van der Waals surface area contributed by atoms with Crippen molar-refractivity contribution in [2.75, 3.05) is 26.7 Å². The number of hydrogen-bond acceptors (Lipinski definition) is 3. The second kappa shape index (κ2) is 9.51. The normalized spacial score (nSPS) is 18.1. The Bertz CT molecular complexity index is 753. The van der Waals surface area contributed by atoms with Crippen molar-refractivity contribution in [2.45, 2.75) is 31.7 Å². The number of piperidine rings is 1. The van der Waals surface area contributed by atoms with Gasteiger partial charge in [-0.2, -0.15) is 5.10 Å². The van der Waals surface area contributed by atoms with Crippen LogP contribution >= 0.6 is 0 Å². The summed E-state index contributed by atoms with van der Waals surface area (Å²) in [5, 5.41) is 4.12. The maximum absolute atomic E-state index is 12.5. The van der Waals surface area contributed by atoms with Gasteiger partial charge in [0.2, 0.25) is 5.91 Å². The number of hydrogen-bond donors (Lipinski definition) is 0. The molecule has 5 nitrogen and oxygen atoms in total. The van der Waals surface area contributed by atoms with Gasteiger partial charge in [0.25, 0.3) is 0 Å². The van der Waals surface area contributed by atoms with E-state index in [2.05, 4.69) is 40.3 Å². The van der Waals surface area contributed by atoms with E-state index in [9.17, 15) is 4.79 Å². The summed E-state index contributed by atoms with van der Waals surface area (Å²) >= 11 is 0. The van der Waals surface area contributed by atoms with E-state index in [0.29, 0.717) is 6.04 Å². The van der Waals surface area contributed by atoms with E-state index in [1.54, 1.807) is 17.0 Å². The first-order chi connectivity index (χ1) is 13.1. The van der Waals surface area contributed by atoms with Crippen molar-refractivity contribution in [2.24, 2.45) is 7.05 Å². The van der Waals surface area contributed by atoms with Crippen LogP contribution in [-0.4, -0.2) is 58.2 Å². The molecule has 0 radical (unpaired) electrons. The Labute approximate surface area is 162 Å². The minimum absolute atomic E-state index is 0.0648. The van der Waals surface area contributed by atoms with Crippen LogP contribution in [0.1, 0.15) is 30.4 Å². The van der Waals surface area contributed by atoms with Gasteiger partial charge >= 0.3 is 0 Å². The summed E-state index contributed by atoms with van der Waals surface area (Å²) in [5.41, 5.74) is 2.35. The molecule has 3 rings (SSSR count). The van der Waals surface area contributed by atoms with Crippen LogP contribution in [0.4, 0.5) is 0 Å². The molecule has 27 heavy (non-hydrogen) atoms. The molecule has 2 heterocycles. The molecule has 144 valence electrons. The van der Waals surface area contributed by atoms with Gasteiger partial charge in [-0.25, -0.2) is 0 Å². The third-order valence-electron chi connectivity index (χ3n) is 5.30. The molecule has 1 atom stereocenters. The van der Waals surface area contributed by atoms with Crippen LogP contribution in [0.15, 0.2) is 48.8 Å². The number of likely N-dealkylation sites (N-methyl/N-ethyl adjacent to an activating group) is 1. The summed E-state index contributed by atoms with van der Waals surface area (Å²) < 4.78 is 1.74. The van der Waals surface area contributed by atoms with Crippen LogP contribution < -0.4 is 0 Å². The van der Waals surface area contributed by atoms with Crippen LogP contribution in [0, 0.1) is 0 Å². The highest BCUT2D eigenvalue weighted by Gasteiger charge is 2.24. The molecule has 1 amide bonds. The first-order valence-electron chi connectivity index (χ1n) is 9.81. The summed E-state index contributed by atoms with van der Waals surface area (Å²) in [4.78, 5) is 16.9. The number of aryl methyl sites for hydroxylation is 2. The number of likely N-dealkylation sites (tertiary alicyclic amines) is 1. The molecule has 1 aromatic carbocycles. The molecule has 0 bridgehead atoms. The highest BCUT2D eigenvalue weighted by Crippen LogP contribution is 2.16. The molecule has 1 fully saturated rings. The van der Waals surface area contributed by atoms with Gasteiger partial charge < -0.3 is 9.80 Å². The predicted molar refractivity (Wildman–Crippen MR) is 109 cm³/mol. The minimum atomic E-state index is 0.0648. The quantitative estimate of drug-likeness (QED) is 0.708. The van der Waals surface area contributed by atoms with Crippen LogP contribution in [-0.2, 0) is 18.3 Å². The maximum atomic E-state index is 12.5. The predicted octanol–water partition coefficient (Wildman–Crippen LogP) is 2.99. The van der Waals surface area contributed by atoms with Crippen LogP contribution in [0.25, 0.3) is 6.08 Å². The van der Waals surface area contributed by atoms with Gasteiger partial charge in [-0.05, 0) is 50.4 Å². The van der Waals surface area contributed by atoms with Gasteiger partial charge in [-0.15, -0.1) is 0 Å². The Morgan fingerprint density at radius 1 is 1.33 bits per heavy atom. The smallest absolute Gasteiger partial charge is 0.246 e. The molecular formula is C22H30N4O. The zero-order chi connectivity index (χ0) is 19.1. The third-order valence-corrected chi connectivity index (χ3v) is 5.30. The maximum Gasteiger partial charge on any atom is 0.246 e. The lowest BCUT2D eigenvalue weighted by Crippen LogP contribution is -2.48. The number of aromatic nitrogens is 2. The van der Waals surface area contributed by atoms with E-state index in [4.69, 9.17) is 0 Å². The summed E-state index contributed by atoms with van der Waals surface area (Å²) in [5.74, 6) is 0.0648. The second-order valence-corrected chi connectivity index (χ2v) is 7.42. The first kappa shape index (κ1) is 19.4. The summed E-state index contributed by atoms with van der Waals surface area (Å²) in [6, 6.07) is 11.0. The second-order valence-electron chi connectivity index (χ2n) is 7.42. The standard InChI is InChI=1S/C22H30N4O/c1-24-17-20(16-23-24)12-13-22(27)25(2)21-11-7-15-26(18-21)14-6-10-19-8-4-3-5-9-19/h3-5,8-9,12-13,16-17,21H,6-7,10-11,14-15,18H2,1-2H3/b13-12+/t21-/m1/s1. The average molecular weight is 367 g/mol. The van der Waals surface area contributed by atoms with E-state index >= 15 is 0 Å². The fraction of sp³-hybridized carbons (Fsp3) is 0.455. The summed E-state index contributed by atoms with van der Waals surface area (Å²) in [6.07, 6.45) is 11.7. The van der Waals surface area contributed by atoms with E-state index in [-0.39, 0.29) is 5.91 Å². The molecule has 2 aromatic rings. The lowest BCUT2D eigenvalue weighted by Gasteiger charge is -2.37. The molecule has 1 aliphatic rings. The van der Waals surface area contributed by atoms with Gasteiger partial charge in [0.15, 0.2) is 0 Å². The third kappa shape index (κ3) is 5.79. The highest BCUT2D eigenvalue weighted by atomic mass is 16.2. The summed E-state index contributed by atoms with van der Waals surface area (Å²) in [6.45, 7) is 3.20. The highest BCUT2D eigenvalue weighted by molar-refractivity contribution is 5.91. The van der Waals surface area contributed by atoms with Crippen molar-refractivity contribution in [3.63, 3.8) is 0 Å². The lowest BCUT2D eigenvalue weighted by atomic mass is 10.0. The number of carbonyl (C=O) groups excluding carboxylic acids is 1. The van der Waals surface area contributed by atoms with Crippen LogP contribution in [0.5, 0.6) is 0 Å².